The normalized spacial score (nSPS) is 13.1. The summed E-state index contributed by atoms with van der Waals surface area (Å²) in [7, 11) is 0. The third-order valence-corrected chi connectivity index (χ3v) is 12.4. The van der Waals surface area contributed by atoms with E-state index in [1.54, 1.807) is 11.8 Å². The Morgan fingerprint density at radius 2 is 0.893 bits per heavy atom. The van der Waals surface area contributed by atoms with Crippen molar-refractivity contribution in [3.8, 4) is 62.5 Å². The standard InChI is InChI=1S/C51H30N4S/c52-31-38-16-6-7-17-39(38)35-24-26-44-46(29-35)56-47-30-37(25-27-45(47)51(44)42-20-10-8-18-40(42)41-19-9-11-21-43(41)51)50-54-48(33-13-2-1-3-14-33)53-49(55-50)36-23-22-32-12-4-5-15-34(32)28-36/h1-30H. The van der Waals surface area contributed by atoms with E-state index in [2.05, 4.69) is 133 Å². The van der Waals surface area contributed by atoms with Crippen molar-refractivity contribution in [2.75, 3.05) is 0 Å². The largest absolute Gasteiger partial charge is 0.208 e. The van der Waals surface area contributed by atoms with Crippen LogP contribution in [0.4, 0.5) is 0 Å². The first-order chi connectivity index (χ1) is 27.7. The van der Waals surface area contributed by atoms with Crippen LogP contribution in [-0.4, -0.2) is 15.0 Å². The molecule has 11 rings (SSSR count). The molecule has 0 saturated heterocycles. The van der Waals surface area contributed by atoms with Gasteiger partial charge in [0.2, 0.25) is 0 Å². The second-order valence-electron chi connectivity index (χ2n) is 14.3. The molecule has 1 aromatic heterocycles. The van der Waals surface area contributed by atoms with Gasteiger partial charge in [-0.3, -0.25) is 0 Å². The van der Waals surface area contributed by atoms with E-state index in [0.29, 0.717) is 23.0 Å². The van der Waals surface area contributed by atoms with E-state index in [1.807, 2.05) is 54.6 Å². The minimum Gasteiger partial charge on any atom is -0.208 e. The third-order valence-electron chi connectivity index (χ3n) is 11.2. The van der Waals surface area contributed by atoms with Crippen molar-refractivity contribution in [3.05, 3.63) is 210 Å². The SMILES string of the molecule is N#Cc1ccccc1-c1ccc2c(c1)Sc1cc(-c3nc(-c4ccccc4)nc(-c4ccc5ccccc5c4)n3)ccc1C21c2ccccc2-c2ccccc21. The van der Waals surface area contributed by atoms with E-state index in [9.17, 15) is 5.26 Å². The summed E-state index contributed by atoms with van der Waals surface area (Å²) in [6, 6.07) is 66.3. The van der Waals surface area contributed by atoms with Crippen molar-refractivity contribution in [1.82, 2.24) is 15.0 Å². The van der Waals surface area contributed by atoms with E-state index in [0.717, 1.165) is 43.0 Å². The number of rotatable bonds is 4. The molecule has 0 amide bonds. The zero-order valence-electron chi connectivity index (χ0n) is 30.0. The summed E-state index contributed by atoms with van der Waals surface area (Å²) in [5.41, 5.74) is 12.4. The molecule has 0 fully saturated rings. The van der Waals surface area contributed by atoms with Crippen LogP contribution in [-0.2, 0) is 5.41 Å². The molecule has 0 atom stereocenters. The van der Waals surface area contributed by atoms with E-state index in [-0.39, 0.29) is 0 Å². The fraction of sp³-hybridized carbons (Fsp3) is 0.0196. The molecule has 9 aromatic rings. The zero-order chi connectivity index (χ0) is 37.2. The Hall–Kier alpha value is -7.13. The van der Waals surface area contributed by atoms with Crippen molar-refractivity contribution in [1.29, 1.82) is 5.26 Å². The maximum absolute atomic E-state index is 10.0. The van der Waals surface area contributed by atoms with Gasteiger partial charge >= 0.3 is 0 Å². The van der Waals surface area contributed by atoms with Crippen LogP contribution in [0.15, 0.2) is 192 Å². The lowest BCUT2D eigenvalue weighted by Crippen LogP contribution is -2.32. The number of fused-ring (bicyclic) bond motifs is 10. The maximum atomic E-state index is 10.0. The minimum absolute atomic E-state index is 0.542. The maximum Gasteiger partial charge on any atom is 0.164 e. The summed E-state index contributed by atoms with van der Waals surface area (Å²) < 4.78 is 0. The lowest BCUT2D eigenvalue weighted by Gasteiger charge is -2.40. The highest BCUT2D eigenvalue weighted by molar-refractivity contribution is 7.99. The highest BCUT2D eigenvalue weighted by atomic mass is 32.2. The van der Waals surface area contributed by atoms with Gasteiger partial charge in [0.05, 0.1) is 17.0 Å². The van der Waals surface area contributed by atoms with Gasteiger partial charge in [0.25, 0.3) is 0 Å². The van der Waals surface area contributed by atoms with Crippen LogP contribution in [0.5, 0.6) is 0 Å². The van der Waals surface area contributed by atoms with Crippen LogP contribution in [0.25, 0.3) is 67.2 Å². The second-order valence-corrected chi connectivity index (χ2v) is 15.3. The first-order valence-corrected chi connectivity index (χ1v) is 19.5. The molecule has 5 heteroatoms. The van der Waals surface area contributed by atoms with Crippen molar-refractivity contribution in [2.24, 2.45) is 0 Å². The molecular formula is C51H30N4S. The first kappa shape index (κ1) is 32.3. The molecular weight excluding hydrogens is 701 g/mol. The molecule has 1 spiro atoms. The van der Waals surface area contributed by atoms with Gasteiger partial charge in [-0.05, 0) is 79.5 Å². The number of hydrogen-bond donors (Lipinski definition) is 0. The Kier molecular flexibility index (Phi) is 7.35. The lowest BCUT2D eigenvalue weighted by molar-refractivity contribution is 0.722. The number of hydrogen-bond acceptors (Lipinski definition) is 5. The summed E-state index contributed by atoms with van der Waals surface area (Å²) >= 11 is 1.77. The van der Waals surface area contributed by atoms with E-state index in [1.165, 1.54) is 38.8 Å². The number of aromatic nitrogens is 3. The molecule has 4 nitrogen and oxygen atoms in total. The minimum atomic E-state index is -0.542. The van der Waals surface area contributed by atoms with Gasteiger partial charge in [-0.2, -0.15) is 5.26 Å². The molecule has 1 aliphatic carbocycles. The molecule has 260 valence electrons. The molecule has 0 bridgehead atoms. The van der Waals surface area contributed by atoms with Gasteiger partial charge in [-0.15, -0.1) is 0 Å². The summed E-state index contributed by atoms with van der Waals surface area (Å²) in [5, 5.41) is 12.3. The lowest BCUT2D eigenvalue weighted by atomic mass is 9.67. The molecule has 0 radical (unpaired) electrons. The number of nitrogens with zero attached hydrogens (tertiary/aromatic N) is 4. The van der Waals surface area contributed by atoms with E-state index < -0.39 is 5.41 Å². The van der Waals surface area contributed by atoms with Crippen LogP contribution in [0.1, 0.15) is 27.8 Å². The summed E-state index contributed by atoms with van der Waals surface area (Å²) in [6.45, 7) is 0. The third kappa shape index (κ3) is 4.90. The molecule has 0 unspecified atom stereocenters. The quantitative estimate of drug-likeness (QED) is 0.180. The van der Waals surface area contributed by atoms with Gasteiger partial charge < -0.3 is 0 Å². The van der Waals surface area contributed by atoms with E-state index >= 15 is 0 Å². The predicted octanol–water partition coefficient (Wildman–Crippen LogP) is 12.4. The molecule has 2 heterocycles. The molecule has 0 N–H and O–H groups in total. The number of benzene rings is 8. The van der Waals surface area contributed by atoms with Gasteiger partial charge in [0.1, 0.15) is 0 Å². The average molecular weight is 731 g/mol. The summed E-state index contributed by atoms with van der Waals surface area (Å²) in [6.07, 6.45) is 0. The topological polar surface area (TPSA) is 62.5 Å². The van der Waals surface area contributed by atoms with Crippen molar-refractivity contribution < 1.29 is 0 Å². The fourth-order valence-electron chi connectivity index (χ4n) is 8.73. The van der Waals surface area contributed by atoms with Crippen LogP contribution in [0.3, 0.4) is 0 Å². The summed E-state index contributed by atoms with van der Waals surface area (Å²) in [4.78, 5) is 17.6. The second kappa shape index (κ2) is 12.7. The molecule has 0 saturated carbocycles. The van der Waals surface area contributed by atoms with Gasteiger partial charge in [-0.25, -0.2) is 15.0 Å². The predicted molar refractivity (Wildman–Crippen MR) is 225 cm³/mol. The van der Waals surface area contributed by atoms with Crippen molar-refractivity contribution in [2.45, 2.75) is 15.2 Å². The van der Waals surface area contributed by atoms with Gasteiger partial charge in [0.15, 0.2) is 17.5 Å². The zero-order valence-corrected chi connectivity index (χ0v) is 30.8. The van der Waals surface area contributed by atoms with Gasteiger partial charge in [-0.1, -0.05) is 169 Å². The Morgan fingerprint density at radius 1 is 0.393 bits per heavy atom. The van der Waals surface area contributed by atoms with Crippen molar-refractivity contribution in [3.63, 3.8) is 0 Å². The van der Waals surface area contributed by atoms with E-state index in [4.69, 9.17) is 15.0 Å². The van der Waals surface area contributed by atoms with Crippen molar-refractivity contribution >= 4 is 22.5 Å². The molecule has 56 heavy (non-hydrogen) atoms. The Balaban J connectivity index is 1.14. The van der Waals surface area contributed by atoms with Gasteiger partial charge in [0, 0.05) is 26.5 Å². The Labute approximate surface area is 328 Å². The molecule has 2 aliphatic rings. The van der Waals surface area contributed by atoms with Crippen LogP contribution in [0, 0.1) is 11.3 Å². The van der Waals surface area contributed by atoms with Crippen LogP contribution >= 0.6 is 11.8 Å². The number of nitriles is 1. The smallest absolute Gasteiger partial charge is 0.164 e. The highest BCUT2D eigenvalue weighted by Gasteiger charge is 2.50. The first-order valence-electron chi connectivity index (χ1n) is 18.7. The van der Waals surface area contributed by atoms with Crippen LogP contribution < -0.4 is 0 Å². The fourth-order valence-corrected chi connectivity index (χ4v) is 10.0. The highest BCUT2D eigenvalue weighted by Crippen LogP contribution is 2.62. The molecule has 8 aromatic carbocycles. The summed E-state index contributed by atoms with van der Waals surface area (Å²) in [5.74, 6) is 1.88. The Bertz CT molecular complexity index is 3050. The Morgan fingerprint density at radius 3 is 1.57 bits per heavy atom. The monoisotopic (exact) mass is 730 g/mol. The van der Waals surface area contributed by atoms with Crippen LogP contribution in [0.2, 0.25) is 0 Å². The molecule has 1 aliphatic heterocycles. The average Bonchev–Trinajstić information content (AvgIpc) is 3.56.